The Morgan fingerprint density at radius 2 is 2.38 bits per heavy atom. The average molecular weight is 114 g/mol. The number of aromatic amines is 2. The number of methoxy groups -OCH3 is 1. The molecule has 1 aromatic heterocycles. The molecular formula is C4H6N2O2. The van der Waals surface area contributed by atoms with Crippen LogP contribution in [0.1, 0.15) is 0 Å². The maximum absolute atomic E-state index is 10.3. The second-order valence-electron chi connectivity index (χ2n) is 1.33. The van der Waals surface area contributed by atoms with Gasteiger partial charge in [0.25, 0.3) is 5.56 Å². The number of aromatic nitrogens is 2. The standard InChI is InChI=1S/C4H6N2O2/c1-8-4-2-3(7)5-6-4/h2H,1H3,(H2,5,6,7). The van der Waals surface area contributed by atoms with Gasteiger partial charge in [-0.05, 0) is 0 Å². The van der Waals surface area contributed by atoms with Crippen LogP contribution in [0.25, 0.3) is 0 Å². The van der Waals surface area contributed by atoms with Crippen LogP contribution in [0.4, 0.5) is 0 Å². The molecular weight excluding hydrogens is 108 g/mol. The van der Waals surface area contributed by atoms with Gasteiger partial charge in [-0.2, -0.15) is 0 Å². The van der Waals surface area contributed by atoms with Crippen molar-refractivity contribution in [3.05, 3.63) is 16.4 Å². The van der Waals surface area contributed by atoms with Crippen molar-refractivity contribution in [3.8, 4) is 5.88 Å². The van der Waals surface area contributed by atoms with E-state index in [1.165, 1.54) is 13.2 Å². The quantitative estimate of drug-likeness (QED) is 0.527. The highest BCUT2D eigenvalue weighted by atomic mass is 16.5. The van der Waals surface area contributed by atoms with Gasteiger partial charge in [0.2, 0.25) is 5.88 Å². The van der Waals surface area contributed by atoms with E-state index in [0.29, 0.717) is 5.88 Å². The van der Waals surface area contributed by atoms with Crippen LogP contribution < -0.4 is 10.3 Å². The molecule has 1 rings (SSSR count). The summed E-state index contributed by atoms with van der Waals surface area (Å²) in [6, 6.07) is 1.33. The SMILES string of the molecule is COc1cc(=O)[nH][nH]1. The third-order valence-corrected chi connectivity index (χ3v) is 0.791. The van der Waals surface area contributed by atoms with E-state index in [1.54, 1.807) is 0 Å². The van der Waals surface area contributed by atoms with Gasteiger partial charge in [-0.1, -0.05) is 0 Å². The van der Waals surface area contributed by atoms with Gasteiger partial charge >= 0.3 is 0 Å². The van der Waals surface area contributed by atoms with Crippen molar-refractivity contribution in [2.45, 2.75) is 0 Å². The van der Waals surface area contributed by atoms with Crippen molar-refractivity contribution in [1.29, 1.82) is 0 Å². The van der Waals surface area contributed by atoms with Crippen LogP contribution in [0.2, 0.25) is 0 Å². The molecule has 0 bridgehead atoms. The average Bonchev–Trinajstić information content (AvgIpc) is 2.14. The van der Waals surface area contributed by atoms with Crippen molar-refractivity contribution < 1.29 is 4.74 Å². The van der Waals surface area contributed by atoms with E-state index in [2.05, 4.69) is 14.9 Å². The highest BCUT2D eigenvalue weighted by Gasteiger charge is 1.89. The van der Waals surface area contributed by atoms with Gasteiger partial charge in [-0.3, -0.25) is 15.0 Å². The summed E-state index contributed by atoms with van der Waals surface area (Å²) in [6.45, 7) is 0. The first kappa shape index (κ1) is 4.96. The summed E-state index contributed by atoms with van der Waals surface area (Å²) in [6.07, 6.45) is 0. The fourth-order valence-corrected chi connectivity index (χ4v) is 0.424. The molecule has 0 aliphatic carbocycles. The first-order valence-electron chi connectivity index (χ1n) is 2.14. The van der Waals surface area contributed by atoms with E-state index in [4.69, 9.17) is 0 Å². The zero-order chi connectivity index (χ0) is 5.98. The van der Waals surface area contributed by atoms with Crippen molar-refractivity contribution in [3.63, 3.8) is 0 Å². The molecule has 1 aromatic rings. The van der Waals surface area contributed by atoms with Crippen LogP contribution in [-0.2, 0) is 0 Å². The topological polar surface area (TPSA) is 57.9 Å². The van der Waals surface area contributed by atoms with E-state index < -0.39 is 0 Å². The lowest BCUT2D eigenvalue weighted by atomic mass is 10.7. The number of nitrogens with one attached hydrogen (secondary N) is 2. The fraction of sp³-hybridized carbons (Fsp3) is 0.250. The molecule has 0 unspecified atom stereocenters. The van der Waals surface area contributed by atoms with Crippen LogP contribution in [0.15, 0.2) is 10.9 Å². The minimum atomic E-state index is -0.179. The van der Waals surface area contributed by atoms with Gasteiger partial charge in [0.1, 0.15) is 0 Å². The Morgan fingerprint density at radius 1 is 1.62 bits per heavy atom. The molecule has 2 N–H and O–H groups in total. The van der Waals surface area contributed by atoms with E-state index >= 15 is 0 Å². The molecule has 0 saturated heterocycles. The molecule has 0 saturated carbocycles. The van der Waals surface area contributed by atoms with Gasteiger partial charge in [-0.15, -0.1) is 0 Å². The predicted octanol–water partition coefficient (Wildman–Crippen LogP) is -0.288. The summed E-state index contributed by atoms with van der Waals surface area (Å²) in [7, 11) is 1.49. The van der Waals surface area contributed by atoms with E-state index in [0.717, 1.165) is 0 Å². The lowest BCUT2D eigenvalue weighted by molar-refractivity contribution is 0.397. The van der Waals surface area contributed by atoms with E-state index in [-0.39, 0.29) is 5.56 Å². The summed E-state index contributed by atoms with van der Waals surface area (Å²) < 4.78 is 4.65. The third kappa shape index (κ3) is 0.726. The fourth-order valence-electron chi connectivity index (χ4n) is 0.424. The Kier molecular flexibility index (Phi) is 1.07. The molecule has 0 aromatic carbocycles. The lowest BCUT2D eigenvalue weighted by Gasteiger charge is -1.86. The highest BCUT2D eigenvalue weighted by Crippen LogP contribution is 1.94. The second-order valence-corrected chi connectivity index (χ2v) is 1.33. The van der Waals surface area contributed by atoms with Crippen molar-refractivity contribution >= 4 is 0 Å². The monoisotopic (exact) mass is 114 g/mol. The minimum absolute atomic E-state index is 0.179. The van der Waals surface area contributed by atoms with Crippen LogP contribution in [-0.4, -0.2) is 17.3 Å². The summed E-state index contributed by atoms with van der Waals surface area (Å²) in [4.78, 5) is 10.3. The maximum Gasteiger partial charge on any atom is 0.267 e. The molecule has 0 spiro atoms. The summed E-state index contributed by atoms with van der Waals surface area (Å²) in [5, 5.41) is 4.81. The number of H-pyrrole nitrogens is 2. The van der Waals surface area contributed by atoms with Crippen LogP contribution in [0.5, 0.6) is 5.88 Å². The van der Waals surface area contributed by atoms with Crippen molar-refractivity contribution in [1.82, 2.24) is 10.2 Å². The Hall–Kier alpha value is -1.19. The molecule has 0 fully saturated rings. The minimum Gasteiger partial charge on any atom is -0.481 e. The zero-order valence-electron chi connectivity index (χ0n) is 4.39. The molecule has 4 heteroatoms. The number of ether oxygens (including phenoxy) is 1. The Labute approximate surface area is 45.5 Å². The van der Waals surface area contributed by atoms with Crippen LogP contribution in [0.3, 0.4) is 0 Å². The summed E-state index contributed by atoms with van der Waals surface area (Å²) >= 11 is 0. The van der Waals surface area contributed by atoms with Gasteiger partial charge in [0, 0.05) is 0 Å². The van der Waals surface area contributed by atoms with Gasteiger partial charge in [0.15, 0.2) is 0 Å². The van der Waals surface area contributed by atoms with Crippen LogP contribution >= 0.6 is 0 Å². The number of hydrogen-bond acceptors (Lipinski definition) is 2. The van der Waals surface area contributed by atoms with Gasteiger partial charge < -0.3 is 4.74 Å². The molecule has 0 radical (unpaired) electrons. The van der Waals surface area contributed by atoms with E-state index in [9.17, 15) is 4.79 Å². The molecule has 1 heterocycles. The largest absolute Gasteiger partial charge is 0.481 e. The van der Waals surface area contributed by atoms with Crippen molar-refractivity contribution in [2.75, 3.05) is 7.11 Å². The summed E-state index contributed by atoms with van der Waals surface area (Å²) in [5.74, 6) is 0.454. The van der Waals surface area contributed by atoms with Crippen LogP contribution in [0, 0.1) is 0 Å². The Morgan fingerprint density at radius 3 is 2.62 bits per heavy atom. The molecule has 0 atom stereocenters. The molecule has 8 heavy (non-hydrogen) atoms. The molecule has 0 aliphatic heterocycles. The first-order valence-corrected chi connectivity index (χ1v) is 2.14. The summed E-state index contributed by atoms with van der Waals surface area (Å²) in [5.41, 5.74) is -0.179. The number of rotatable bonds is 1. The smallest absolute Gasteiger partial charge is 0.267 e. The highest BCUT2D eigenvalue weighted by molar-refractivity contribution is 5.03. The maximum atomic E-state index is 10.3. The van der Waals surface area contributed by atoms with Gasteiger partial charge in [0.05, 0.1) is 13.2 Å². The normalized spacial score (nSPS) is 9.12. The third-order valence-electron chi connectivity index (χ3n) is 0.791. The zero-order valence-corrected chi connectivity index (χ0v) is 4.39. The molecule has 44 valence electrons. The Bertz CT molecular complexity index is 212. The van der Waals surface area contributed by atoms with Crippen molar-refractivity contribution in [2.24, 2.45) is 0 Å². The predicted molar refractivity (Wildman–Crippen MR) is 28.0 cm³/mol. The molecule has 0 amide bonds. The second kappa shape index (κ2) is 1.73. The molecule has 4 nitrogen and oxygen atoms in total. The number of hydrogen-bond donors (Lipinski definition) is 2. The first-order chi connectivity index (χ1) is 3.83. The molecule has 0 aliphatic rings. The lowest BCUT2D eigenvalue weighted by Crippen LogP contribution is -1.93. The Balaban J connectivity index is 3.01. The van der Waals surface area contributed by atoms with Gasteiger partial charge in [-0.25, -0.2) is 0 Å². The van der Waals surface area contributed by atoms with E-state index in [1.807, 2.05) is 0 Å².